The normalized spacial score (nSPS) is 14.2. The first-order valence-electron chi connectivity index (χ1n) is 5.87. The third-order valence-electron chi connectivity index (χ3n) is 3.60. The van der Waals surface area contributed by atoms with E-state index in [2.05, 4.69) is 6.07 Å². The molecule has 0 fully saturated rings. The number of anilines is 1. The van der Waals surface area contributed by atoms with Gasteiger partial charge in [0.15, 0.2) is 0 Å². The molecular formula is C14H21NO2. The molecule has 17 heavy (non-hydrogen) atoms. The van der Waals surface area contributed by atoms with Gasteiger partial charge in [0, 0.05) is 12.7 Å². The molecule has 0 aliphatic carbocycles. The summed E-state index contributed by atoms with van der Waals surface area (Å²) < 4.78 is 0. The average molecular weight is 235 g/mol. The minimum absolute atomic E-state index is 0.562. The lowest BCUT2D eigenvalue weighted by molar-refractivity contribution is -0.142. The zero-order valence-corrected chi connectivity index (χ0v) is 11.2. The molecule has 1 aromatic carbocycles. The summed E-state index contributed by atoms with van der Waals surface area (Å²) in [6.45, 7) is 7.70. The molecule has 0 heterocycles. The van der Waals surface area contributed by atoms with Crippen LogP contribution in [-0.2, 0) is 4.79 Å². The van der Waals surface area contributed by atoms with E-state index in [1.807, 2.05) is 44.9 Å². The molecule has 1 unspecified atom stereocenters. The number of hydrogen-bond acceptors (Lipinski definition) is 2. The van der Waals surface area contributed by atoms with E-state index in [0.717, 1.165) is 11.3 Å². The van der Waals surface area contributed by atoms with Crippen LogP contribution in [0.25, 0.3) is 0 Å². The lowest BCUT2D eigenvalue weighted by atomic mass is 9.95. The summed E-state index contributed by atoms with van der Waals surface area (Å²) in [6.07, 6.45) is 0.562. The molecule has 3 heteroatoms. The van der Waals surface area contributed by atoms with Crippen LogP contribution in [0.1, 0.15) is 31.4 Å². The average Bonchev–Trinajstić information content (AvgIpc) is 2.26. The van der Waals surface area contributed by atoms with E-state index in [-0.39, 0.29) is 0 Å². The number of aliphatic carboxylic acids is 1. The maximum absolute atomic E-state index is 11.4. The van der Waals surface area contributed by atoms with Crippen LogP contribution in [0.2, 0.25) is 0 Å². The molecule has 0 amide bonds. The molecule has 0 bridgehead atoms. The van der Waals surface area contributed by atoms with Gasteiger partial charge in [0.25, 0.3) is 0 Å². The van der Waals surface area contributed by atoms with Crippen LogP contribution in [0.5, 0.6) is 0 Å². The van der Waals surface area contributed by atoms with Crippen molar-refractivity contribution in [2.75, 3.05) is 11.9 Å². The number of likely N-dealkylation sites (N-methyl/N-ethyl adjacent to an activating group) is 1. The summed E-state index contributed by atoms with van der Waals surface area (Å²) in [6, 6.07) is 6.07. The second kappa shape index (κ2) is 4.78. The van der Waals surface area contributed by atoms with E-state index in [9.17, 15) is 9.90 Å². The smallest absolute Gasteiger partial charge is 0.329 e. The van der Waals surface area contributed by atoms with Crippen LogP contribution in [0, 0.1) is 13.8 Å². The topological polar surface area (TPSA) is 40.5 Å². The Balaban J connectivity index is 3.19. The van der Waals surface area contributed by atoms with Crippen molar-refractivity contribution in [3.63, 3.8) is 0 Å². The molecule has 0 saturated carbocycles. The summed E-state index contributed by atoms with van der Waals surface area (Å²) in [4.78, 5) is 13.3. The molecule has 0 aromatic heterocycles. The lowest BCUT2D eigenvalue weighted by Gasteiger charge is -2.37. The largest absolute Gasteiger partial charge is 0.480 e. The number of nitrogens with zero attached hydrogens (tertiary/aromatic N) is 1. The van der Waals surface area contributed by atoms with Crippen LogP contribution in [0.15, 0.2) is 18.2 Å². The summed E-state index contributed by atoms with van der Waals surface area (Å²) in [7, 11) is 1.84. The quantitative estimate of drug-likeness (QED) is 0.872. The van der Waals surface area contributed by atoms with E-state index in [1.165, 1.54) is 5.56 Å². The Morgan fingerprint density at radius 1 is 1.41 bits per heavy atom. The molecule has 0 spiro atoms. The molecule has 0 radical (unpaired) electrons. The highest BCUT2D eigenvalue weighted by Gasteiger charge is 2.36. The fraction of sp³-hybridized carbons (Fsp3) is 0.500. The van der Waals surface area contributed by atoms with E-state index in [1.54, 1.807) is 6.92 Å². The Labute approximate surface area is 103 Å². The molecule has 0 aliphatic heterocycles. The number of carboxylic acid groups (broad SMARTS) is 1. The Kier molecular flexibility index (Phi) is 3.81. The zero-order valence-electron chi connectivity index (χ0n) is 11.2. The molecule has 0 saturated heterocycles. The second-order valence-electron chi connectivity index (χ2n) is 4.78. The van der Waals surface area contributed by atoms with Gasteiger partial charge in [0.05, 0.1) is 0 Å². The maximum atomic E-state index is 11.4. The van der Waals surface area contributed by atoms with Gasteiger partial charge in [0.2, 0.25) is 0 Å². The van der Waals surface area contributed by atoms with Crippen molar-refractivity contribution >= 4 is 11.7 Å². The SMILES string of the molecule is CCC(C)(C(=O)O)N(C)c1ccc(C)cc1C. The van der Waals surface area contributed by atoms with Crippen LogP contribution < -0.4 is 4.90 Å². The number of rotatable bonds is 4. The first kappa shape index (κ1) is 13.6. The number of aryl methyl sites for hydroxylation is 2. The summed E-state index contributed by atoms with van der Waals surface area (Å²) >= 11 is 0. The molecule has 94 valence electrons. The van der Waals surface area contributed by atoms with Crippen LogP contribution in [0.3, 0.4) is 0 Å². The zero-order chi connectivity index (χ0) is 13.2. The lowest BCUT2D eigenvalue weighted by Crippen LogP contribution is -2.50. The van der Waals surface area contributed by atoms with E-state index >= 15 is 0 Å². The summed E-state index contributed by atoms with van der Waals surface area (Å²) in [5.41, 5.74) is 2.41. The first-order chi connectivity index (χ1) is 7.82. The van der Waals surface area contributed by atoms with Crippen molar-refractivity contribution in [1.82, 2.24) is 0 Å². The Hall–Kier alpha value is -1.51. The van der Waals surface area contributed by atoms with Crippen molar-refractivity contribution in [2.24, 2.45) is 0 Å². The number of carboxylic acids is 1. The van der Waals surface area contributed by atoms with Gasteiger partial charge in [-0.3, -0.25) is 0 Å². The minimum atomic E-state index is -0.861. The molecule has 1 atom stereocenters. The highest BCUT2D eigenvalue weighted by molar-refractivity contribution is 5.83. The summed E-state index contributed by atoms with van der Waals surface area (Å²) in [5.74, 6) is -0.789. The van der Waals surface area contributed by atoms with Gasteiger partial charge < -0.3 is 10.0 Å². The van der Waals surface area contributed by atoms with E-state index in [0.29, 0.717) is 6.42 Å². The highest BCUT2D eigenvalue weighted by atomic mass is 16.4. The number of benzene rings is 1. The molecule has 1 N–H and O–H groups in total. The Bertz CT molecular complexity index is 428. The molecule has 0 aliphatic rings. The predicted octanol–water partition coefficient (Wildman–Crippen LogP) is 2.99. The van der Waals surface area contributed by atoms with E-state index < -0.39 is 11.5 Å². The van der Waals surface area contributed by atoms with Crippen molar-refractivity contribution in [1.29, 1.82) is 0 Å². The van der Waals surface area contributed by atoms with Gasteiger partial charge >= 0.3 is 5.97 Å². The third-order valence-corrected chi connectivity index (χ3v) is 3.60. The van der Waals surface area contributed by atoms with Gasteiger partial charge in [0.1, 0.15) is 5.54 Å². The van der Waals surface area contributed by atoms with Crippen molar-refractivity contribution in [3.05, 3.63) is 29.3 Å². The van der Waals surface area contributed by atoms with Crippen LogP contribution >= 0.6 is 0 Å². The predicted molar refractivity (Wildman–Crippen MR) is 70.7 cm³/mol. The fourth-order valence-corrected chi connectivity index (χ4v) is 1.98. The Morgan fingerprint density at radius 3 is 2.41 bits per heavy atom. The minimum Gasteiger partial charge on any atom is -0.480 e. The van der Waals surface area contributed by atoms with Crippen molar-refractivity contribution < 1.29 is 9.90 Å². The van der Waals surface area contributed by atoms with Crippen molar-refractivity contribution in [2.45, 2.75) is 39.7 Å². The first-order valence-corrected chi connectivity index (χ1v) is 5.87. The molecule has 3 nitrogen and oxygen atoms in total. The van der Waals surface area contributed by atoms with Crippen LogP contribution in [-0.4, -0.2) is 23.7 Å². The highest BCUT2D eigenvalue weighted by Crippen LogP contribution is 2.28. The maximum Gasteiger partial charge on any atom is 0.329 e. The molecular weight excluding hydrogens is 214 g/mol. The van der Waals surface area contributed by atoms with Crippen molar-refractivity contribution in [3.8, 4) is 0 Å². The fourth-order valence-electron chi connectivity index (χ4n) is 1.98. The van der Waals surface area contributed by atoms with Gasteiger partial charge in [-0.2, -0.15) is 0 Å². The third kappa shape index (κ3) is 2.43. The standard InChI is InChI=1S/C14H21NO2/c1-6-14(4,13(16)17)15(5)12-8-7-10(2)9-11(12)3/h7-9H,6H2,1-5H3,(H,16,17). The van der Waals surface area contributed by atoms with E-state index in [4.69, 9.17) is 0 Å². The molecule has 1 rings (SSSR count). The number of hydrogen-bond donors (Lipinski definition) is 1. The number of carbonyl (C=O) groups is 1. The van der Waals surface area contributed by atoms with Gasteiger partial charge in [-0.15, -0.1) is 0 Å². The Morgan fingerprint density at radius 2 is 2.00 bits per heavy atom. The second-order valence-corrected chi connectivity index (χ2v) is 4.78. The monoisotopic (exact) mass is 235 g/mol. The van der Waals surface area contributed by atoms with Gasteiger partial charge in [-0.05, 0) is 38.8 Å². The van der Waals surface area contributed by atoms with Crippen LogP contribution in [0.4, 0.5) is 5.69 Å². The van der Waals surface area contributed by atoms with Gasteiger partial charge in [-0.25, -0.2) is 4.79 Å². The summed E-state index contributed by atoms with van der Waals surface area (Å²) in [5, 5.41) is 9.37. The van der Waals surface area contributed by atoms with Gasteiger partial charge in [-0.1, -0.05) is 24.6 Å². The molecule has 1 aromatic rings.